The second-order valence-electron chi connectivity index (χ2n) is 5.58. The minimum Gasteiger partial charge on any atom is -0.398 e. The Balaban J connectivity index is 1.82. The molecular formula is C20H15ClN2. The Kier molecular flexibility index (Phi) is 3.32. The summed E-state index contributed by atoms with van der Waals surface area (Å²) >= 11 is 5.99. The van der Waals surface area contributed by atoms with Crippen LogP contribution in [0, 0.1) is 0 Å². The molecule has 1 aromatic heterocycles. The molecular weight excluding hydrogens is 304 g/mol. The smallest absolute Gasteiger partial charge is 0.0464 e. The molecule has 2 nitrogen and oxygen atoms in total. The van der Waals surface area contributed by atoms with Crippen LogP contribution in [0.15, 0.2) is 72.8 Å². The zero-order chi connectivity index (χ0) is 15.8. The van der Waals surface area contributed by atoms with Crippen LogP contribution in [0.1, 0.15) is 0 Å². The summed E-state index contributed by atoms with van der Waals surface area (Å²) in [5, 5.41) is 1.82. The third-order valence-electron chi connectivity index (χ3n) is 4.03. The minimum absolute atomic E-state index is 0.653. The predicted octanol–water partition coefficient (Wildman–Crippen LogP) is 5.74. The topological polar surface area (TPSA) is 41.8 Å². The van der Waals surface area contributed by atoms with Gasteiger partial charge in [-0.3, -0.25) is 0 Å². The summed E-state index contributed by atoms with van der Waals surface area (Å²) in [6, 6.07) is 24.4. The lowest BCUT2D eigenvalue weighted by Gasteiger charge is -2.06. The van der Waals surface area contributed by atoms with E-state index in [0.717, 1.165) is 27.7 Å². The number of aromatic nitrogens is 1. The van der Waals surface area contributed by atoms with Gasteiger partial charge >= 0.3 is 0 Å². The highest BCUT2D eigenvalue weighted by Gasteiger charge is 2.07. The number of H-pyrrole nitrogens is 1. The quantitative estimate of drug-likeness (QED) is 0.455. The third-order valence-corrected chi connectivity index (χ3v) is 4.27. The first-order chi connectivity index (χ1) is 11.2. The fourth-order valence-corrected chi connectivity index (χ4v) is 3.05. The van der Waals surface area contributed by atoms with Crippen molar-refractivity contribution in [1.82, 2.24) is 4.98 Å². The molecule has 0 fully saturated rings. The van der Waals surface area contributed by atoms with Gasteiger partial charge in [-0.05, 0) is 41.5 Å². The van der Waals surface area contributed by atoms with Gasteiger partial charge in [0.25, 0.3) is 0 Å². The average Bonchev–Trinajstić information content (AvgIpc) is 2.99. The molecule has 1 heterocycles. The van der Waals surface area contributed by atoms with Gasteiger partial charge in [0, 0.05) is 32.9 Å². The van der Waals surface area contributed by atoms with Crippen LogP contribution in [0.3, 0.4) is 0 Å². The molecule has 3 aromatic carbocycles. The lowest BCUT2D eigenvalue weighted by molar-refractivity contribution is 1.45. The van der Waals surface area contributed by atoms with Crippen LogP contribution < -0.4 is 5.73 Å². The van der Waals surface area contributed by atoms with Gasteiger partial charge in [-0.25, -0.2) is 0 Å². The highest BCUT2D eigenvalue weighted by molar-refractivity contribution is 6.31. The molecule has 0 unspecified atom stereocenters. The second-order valence-corrected chi connectivity index (χ2v) is 6.02. The van der Waals surface area contributed by atoms with E-state index in [1.807, 2.05) is 30.3 Å². The Morgan fingerprint density at radius 2 is 1.61 bits per heavy atom. The lowest BCUT2D eigenvalue weighted by atomic mass is 10.0. The molecule has 0 atom stereocenters. The number of aromatic amines is 1. The van der Waals surface area contributed by atoms with Gasteiger partial charge in [0.15, 0.2) is 0 Å². The number of hydrogen-bond donors (Lipinski definition) is 2. The maximum absolute atomic E-state index is 6.10. The molecule has 0 aliphatic rings. The van der Waals surface area contributed by atoms with Crippen LogP contribution in [-0.2, 0) is 0 Å². The fourth-order valence-electron chi connectivity index (χ4n) is 2.87. The summed E-state index contributed by atoms with van der Waals surface area (Å²) < 4.78 is 0. The Morgan fingerprint density at radius 1 is 0.783 bits per heavy atom. The Bertz CT molecular complexity index is 987. The minimum atomic E-state index is 0.653. The van der Waals surface area contributed by atoms with Crippen molar-refractivity contribution in [2.75, 3.05) is 5.73 Å². The van der Waals surface area contributed by atoms with E-state index in [-0.39, 0.29) is 0 Å². The molecule has 0 saturated carbocycles. The maximum atomic E-state index is 6.10. The molecule has 3 N–H and O–H groups in total. The standard InChI is InChI=1S/C20H15ClN2/c21-16-7-8-17(18(22)12-16)14-6-9-19-15(10-14)11-20(23-19)13-4-2-1-3-5-13/h1-12,23H,22H2. The lowest BCUT2D eigenvalue weighted by Crippen LogP contribution is -1.89. The molecule has 0 aliphatic heterocycles. The molecule has 4 rings (SSSR count). The SMILES string of the molecule is Nc1cc(Cl)ccc1-c1ccc2[nH]c(-c3ccccc3)cc2c1. The van der Waals surface area contributed by atoms with E-state index >= 15 is 0 Å². The monoisotopic (exact) mass is 318 g/mol. The van der Waals surface area contributed by atoms with Crippen molar-refractivity contribution in [2.24, 2.45) is 0 Å². The summed E-state index contributed by atoms with van der Waals surface area (Å²) in [5.74, 6) is 0. The van der Waals surface area contributed by atoms with Crippen LogP contribution in [0.2, 0.25) is 5.02 Å². The molecule has 0 spiro atoms. The first-order valence-electron chi connectivity index (χ1n) is 7.44. The van der Waals surface area contributed by atoms with E-state index in [4.69, 9.17) is 17.3 Å². The predicted molar refractivity (Wildman–Crippen MR) is 98.6 cm³/mol. The van der Waals surface area contributed by atoms with E-state index in [0.29, 0.717) is 10.7 Å². The zero-order valence-corrected chi connectivity index (χ0v) is 13.1. The van der Waals surface area contributed by atoms with Gasteiger partial charge in [-0.2, -0.15) is 0 Å². The summed E-state index contributed by atoms with van der Waals surface area (Å²) in [7, 11) is 0. The van der Waals surface area contributed by atoms with E-state index < -0.39 is 0 Å². The second kappa shape index (κ2) is 5.49. The molecule has 3 heteroatoms. The summed E-state index contributed by atoms with van der Waals surface area (Å²) in [6.45, 7) is 0. The first-order valence-corrected chi connectivity index (χ1v) is 7.82. The van der Waals surface area contributed by atoms with Crippen molar-refractivity contribution < 1.29 is 0 Å². The highest BCUT2D eigenvalue weighted by Crippen LogP contribution is 2.32. The average molecular weight is 319 g/mol. The molecule has 0 radical (unpaired) electrons. The number of nitrogens with one attached hydrogen (secondary N) is 1. The van der Waals surface area contributed by atoms with Gasteiger partial charge < -0.3 is 10.7 Å². The van der Waals surface area contributed by atoms with Gasteiger partial charge in [-0.1, -0.05) is 54.1 Å². The molecule has 23 heavy (non-hydrogen) atoms. The number of benzene rings is 3. The van der Waals surface area contributed by atoms with Crippen molar-refractivity contribution in [3.05, 3.63) is 77.8 Å². The number of hydrogen-bond acceptors (Lipinski definition) is 1. The van der Waals surface area contributed by atoms with Gasteiger partial charge in [-0.15, -0.1) is 0 Å². The molecule has 0 aliphatic carbocycles. The van der Waals surface area contributed by atoms with Crippen molar-refractivity contribution in [3.8, 4) is 22.4 Å². The summed E-state index contributed by atoms with van der Waals surface area (Å²) in [4.78, 5) is 3.46. The van der Waals surface area contributed by atoms with Gasteiger partial charge in [0.1, 0.15) is 0 Å². The normalized spacial score (nSPS) is 11.0. The van der Waals surface area contributed by atoms with Crippen LogP contribution in [0.25, 0.3) is 33.3 Å². The number of fused-ring (bicyclic) bond motifs is 1. The number of halogens is 1. The Morgan fingerprint density at radius 3 is 2.39 bits per heavy atom. The summed E-state index contributed by atoms with van der Waals surface area (Å²) in [6.07, 6.45) is 0. The third kappa shape index (κ3) is 2.58. The largest absolute Gasteiger partial charge is 0.398 e. The van der Waals surface area contributed by atoms with Crippen molar-refractivity contribution in [1.29, 1.82) is 0 Å². The first kappa shape index (κ1) is 13.9. The van der Waals surface area contributed by atoms with Crippen molar-refractivity contribution in [2.45, 2.75) is 0 Å². The molecule has 0 saturated heterocycles. The van der Waals surface area contributed by atoms with Crippen LogP contribution in [0.4, 0.5) is 5.69 Å². The van der Waals surface area contributed by atoms with Crippen molar-refractivity contribution in [3.63, 3.8) is 0 Å². The van der Waals surface area contributed by atoms with Crippen LogP contribution >= 0.6 is 11.6 Å². The Labute approximate surface area is 139 Å². The Hall–Kier alpha value is -2.71. The number of rotatable bonds is 2. The van der Waals surface area contributed by atoms with Crippen molar-refractivity contribution >= 4 is 28.2 Å². The maximum Gasteiger partial charge on any atom is 0.0464 e. The van der Waals surface area contributed by atoms with E-state index in [9.17, 15) is 0 Å². The van der Waals surface area contributed by atoms with E-state index in [1.165, 1.54) is 5.56 Å². The number of anilines is 1. The van der Waals surface area contributed by atoms with E-state index in [1.54, 1.807) is 6.07 Å². The van der Waals surface area contributed by atoms with Crippen LogP contribution in [-0.4, -0.2) is 4.98 Å². The molecule has 0 amide bonds. The molecule has 0 bridgehead atoms. The number of nitrogens with two attached hydrogens (primary N) is 1. The van der Waals surface area contributed by atoms with Gasteiger partial charge in [0.2, 0.25) is 0 Å². The van der Waals surface area contributed by atoms with Crippen LogP contribution in [0.5, 0.6) is 0 Å². The van der Waals surface area contributed by atoms with Gasteiger partial charge in [0.05, 0.1) is 0 Å². The number of nitrogen functional groups attached to an aromatic ring is 1. The summed E-state index contributed by atoms with van der Waals surface area (Å²) in [5.41, 5.74) is 12.3. The van der Waals surface area contributed by atoms with E-state index in [2.05, 4.69) is 41.4 Å². The highest BCUT2D eigenvalue weighted by atomic mass is 35.5. The molecule has 4 aromatic rings. The fraction of sp³-hybridized carbons (Fsp3) is 0. The zero-order valence-electron chi connectivity index (χ0n) is 12.4. The molecule has 112 valence electrons.